The average Bonchev–Trinajstić information content (AvgIpc) is 2.35. The van der Waals surface area contributed by atoms with Crippen LogP contribution in [-0.4, -0.2) is 82.4 Å². The van der Waals surface area contributed by atoms with Gasteiger partial charge >= 0.3 is 0 Å². The zero-order valence-electron chi connectivity index (χ0n) is 12.0. The second-order valence-corrected chi connectivity index (χ2v) is 5.19. The summed E-state index contributed by atoms with van der Waals surface area (Å²) in [5.41, 5.74) is 0. The van der Waals surface area contributed by atoms with Crippen LogP contribution in [0.4, 0.5) is 8.78 Å². The Kier molecular flexibility index (Phi) is 7.75. The first-order valence-electron chi connectivity index (χ1n) is 6.89. The van der Waals surface area contributed by atoms with Crippen molar-refractivity contribution < 1.29 is 18.3 Å². The van der Waals surface area contributed by atoms with E-state index in [1.165, 1.54) is 7.11 Å². The van der Waals surface area contributed by atoms with E-state index < -0.39 is 19.1 Å². The third-order valence-electron chi connectivity index (χ3n) is 3.28. The zero-order chi connectivity index (χ0) is 14.1. The number of hydrogen-bond acceptors (Lipinski definition) is 4. The van der Waals surface area contributed by atoms with Crippen LogP contribution in [0.25, 0.3) is 0 Å². The fraction of sp³-hybridized carbons (Fsp3) is 1.00. The van der Waals surface area contributed by atoms with Crippen LogP contribution in [0.1, 0.15) is 12.8 Å². The quantitative estimate of drug-likeness (QED) is 0.595. The van der Waals surface area contributed by atoms with Crippen molar-refractivity contribution in [3.63, 3.8) is 0 Å². The monoisotopic (exact) mass is 280 g/mol. The summed E-state index contributed by atoms with van der Waals surface area (Å²) in [4.78, 5) is 4.73. The van der Waals surface area contributed by atoms with Crippen LogP contribution in [0, 0.1) is 0 Å². The van der Waals surface area contributed by atoms with Crippen LogP contribution in [0.2, 0.25) is 0 Å². The number of methoxy groups -OCH3 is 1. The van der Waals surface area contributed by atoms with Gasteiger partial charge in [0.15, 0.2) is 0 Å². The standard InChI is InChI=1S/C13H26F2N2O2/c1-16-6-8-17(9-7-16)5-3-4-10-19-12-13(14,15)11-18-2/h3-12H2,1-2H3. The summed E-state index contributed by atoms with van der Waals surface area (Å²) in [5.74, 6) is -2.87. The maximum absolute atomic E-state index is 13.0. The van der Waals surface area contributed by atoms with Crippen LogP contribution in [0.15, 0.2) is 0 Å². The van der Waals surface area contributed by atoms with Gasteiger partial charge in [0.25, 0.3) is 5.92 Å². The summed E-state index contributed by atoms with van der Waals surface area (Å²) in [6, 6.07) is 0. The van der Waals surface area contributed by atoms with E-state index in [-0.39, 0.29) is 0 Å². The van der Waals surface area contributed by atoms with Gasteiger partial charge in [0.1, 0.15) is 13.2 Å². The molecule has 0 bridgehead atoms. The van der Waals surface area contributed by atoms with Crippen molar-refractivity contribution in [2.24, 2.45) is 0 Å². The van der Waals surface area contributed by atoms with Crippen molar-refractivity contribution in [2.45, 2.75) is 18.8 Å². The lowest BCUT2D eigenvalue weighted by Gasteiger charge is -2.32. The molecule has 0 amide bonds. The molecule has 0 aromatic rings. The van der Waals surface area contributed by atoms with Gasteiger partial charge in [0, 0.05) is 39.9 Å². The first-order valence-corrected chi connectivity index (χ1v) is 6.89. The maximum atomic E-state index is 13.0. The average molecular weight is 280 g/mol. The van der Waals surface area contributed by atoms with Gasteiger partial charge in [0.05, 0.1) is 0 Å². The largest absolute Gasteiger partial charge is 0.378 e. The van der Waals surface area contributed by atoms with E-state index >= 15 is 0 Å². The third-order valence-corrected chi connectivity index (χ3v) is 3.28. The molecule has 0 spiro atoms. The van der Waals surface area contributed by atoms with Gasteiger partial charge in [-0.3, -0.25) is 0 Å². The van der Waals surface area contributed by atoms with E-state index in [1.807, 2.05) is 0 Å². The fourth-order valence-corrected chi connectivity index (χ4v) is 2.09. The van der Waals surface area contributed by atoms with Crippen molar-refractivity contribution in [3.05, 3.63) is 0 Å². The SMILES string of the molecule is COCC(F)(F)COCCCCN1CCN(C)CC1. The molecule has 0 N–H and O–H groups in total. The second-order valence-electron chi connectivity index (χ2n) is 5.19. The Morgan fingerprint density at radius 1 is 1.05 bits per heavy atom. The van der Waals surface area contributed by atoms with Gasteiger partial charge in [0.2, 0.25) is 0 Å². The molecule has 1 saturated heterocycles. The maximum Gasteiger partial charge on any atom is 0.293 e. The Labute approximate surface area is 114 Å². The van der Waals surface area contributed by atoms with Gasteiger partial charge < -0.3 is 19.3 Å². The minimum Gasteiger partial charge on any atom is -0.378 e. The van der Waals surface area contributed by atoms with Crippen molar-refractivity contribution >= 4 is 0 Å². The third kappa shape index (κ3) is 7.77. The predicted molar refractivity (Wildman–Crippen MR) is 70.8 cm³/mol. The number of unbranched alkanes of at least 4 members (excludes halogenated alkanes) is 1. The number of piperazine rings is 1. The summed E-state index contributed by atoms with van der Waals surface area (Å²) in [7, 11) is 3.40. The Balaban J connectivity index is 1.94. The molecule has 0 aliphatic carbocycles. The van der Waals surface area contributed by atoms with Crippen LogP contribution < -0.4 is 0 Å². The number of rotatable bonds is 9. The molecule has 1 aliphatic heterocycles. The van der Waals surface area contributed by atoms with Crippen molar-refractivity contribution in [2.75, 3.05) is 66.7 Å². The van der Waals surface area contributed by atoms with E-state index in [0.717, 1.165) is 45.6 Å². The van der Waals surface area contributed by atoms with Crippen LogP contribution in [-0.2, 0) is 9.47 Å². The molecule has 0 radical (unpaired) electrons. The number of halogens is 2. The molecule has 1 rings (SSSR count). The van der Waals surface area contributed by atoms with Gasteiger partial charge in [-0.1, -0.05) is 0 Å². The van der Waals surface area contributed by atoms with Crippen molar-refractivity contribution in [3.8, 4) is 0 Å². The molecule has 0 saturated carbocycles. The summed E-state index contributed by atoms with van der Waals surface area (Å²) < 4.78 is 35.4. The number of ether oxygens (including phenoxy) is 2. The molecule has 4 nitrogen and oxygen atoms in total. The minimum absolute atomic E-state index is 0.396. The molecular weight excluding hydrogens is 254 g/mol. The topological polar surface area (TPSA) is 24.9 Å². The highest BCUT2D eigenvalue weighted by Gasteiger charge is 2.28. The lowest BCUT2D eigenvalue weighted by Crippen LogP contribution is -2.44. The van der Waals surface area contributed by atoms with Crippen LogP contribution in [0.3, 0.4) is 0 Å². The summed E-state index contributed by atoms with van der Waals surface area (Å²) in [6.07, 6.45) is 1.83. The first kappa shape index (κ1) is 16.8. The molecule has 1 heterocycles. The second kappa shape index (κ2) is 8.79. The number of nitrogens with zero attached hydrogens (tertiary/aromatic N) is 2. The van der Waals surface area contributed by atoms with E-state index in [2.05, 4.69) is 21.6 Å². The van der Waals surface area contributed by atoms with Crippen LogP contribution >= 0.6 is 0 Å². The van der Waals surface area contributed by atoms with Gasteiger partial charge in [-0.05, 0) is 26.4 Å². The molecule has 0 unspecified atom stereocenters. The summed E-state index contributed by atoms with van der Waals surface area (Å²) in [5, 5.41) is 0. The Hall–Kier alpha value is -0.300. The Morgan fingerprint density at radius 3 is 2.37 bits per heavy atom. The Morgan fingerprint density at radius 2 is 1.74 bits per heavy atom. The molecule has 1 fully saturated rings. The van der Waals surface area contributed by atoms with E-state index in [1.54, 1.807) is 0 Å². The van der Waals surface area contributed by atoms with Gasteiger partial charge in [-0.2, -0.15) is 0 Å². The number of hydrogen-bond donors (Lipinski definition) is 0. The molecule has 114 valence electrons. The van der Waals surface area contributed by atoms with Gasteiger partial charge in [-0.25, -0.2) is 8.78 Å². The minimum atomic E-state index is -2.87. The highest BCUT2D eigenvalue weighted by Crippen LogP contribution is 2.14. The van der Waals surface area contributed by atoms with E-state index in [9.17, 15) is 8.78 Å². The van der Waals surface area contributed by atoms with Crippen LogP contribution in [0.5, 0.6) is 0 Å². The number of alkyl halides is 2. The van der Waals surface area contributed by atoms with Gasteiger partial charge in [-0.15, -0.1) is 0 Å². The molecule has 19 heavy (non-hydrogen) atoms. The predicted octanol–water partition coefficient (Wildman–Crippen LogP) is 1.31. The molecule has 1 aliphatic rings. The molecule has 6 heteroatoms. The smallest absolute Gasteiger partial charge is 0.293 e. The highest BCUT2D eigenvalue weighted by atomic mass is 19.3. The fourth-order valence-electron chi connectivity index (χ4n) is 2.09. The summed E-state index contributed by atoms with van der Waals surface area (Å²) >= 11 is 0. The van der Waals surface area contributed by atoms with E-state index in [4.69, 9.17) is 4.74 Å². The lowest BCUT2D eigenvalue weighted by atomic mass is 10.2. The van der Waals surface area contributed by atoms with E-state index in [0.29, 0.717) is 6.61 Å². The zero-order valence-corrected chi connectivity index (χ0v) is 12.0. The molecule has 0 atom stereocenters. The molecule has 0 aromatic heterocycles. The van der Waals surface area contributed by atoms with Crippen molar-refractivity contribution in [1.82, 2.24) is 9.80 Å². The van der Waals surface area contributed by atoms with Crippen molar-refractivity contribution in [1.29, 1.82) is 0 Å². The lowest BCUT2D eigenvalue weighted by molar-refractivity contribution is -0.116. The normalized spacial score (nSPS) is 18.9. The first-order chi connectivity index (χ1) is 9.03. The Bertz CT molecular complexity index is 235. The number of likely N-dealkylation sites (N-methyl/N-ethyl adjacent to an activating group) is 1. The molecular formula is C13H26F2N2O2. The highest BCUT2D eigenvalue weighted by molar-refractivity contribution is 4.69. The summed E-state index contributed by atoms with van der Waals surface area (Å²) in [6.45, 7) is 4.73. The molecule has 0 aromatic carbocycles.